The first kappa shape index (κ1) is 14.0. The minimum absolute atomic E-state index is 0.0199. The van der Waals surface area contributed by atoms with Gasteiger partial charge in [0.25, 0.3) is 0 Å². The summed E-state index contributed by atoms with van der Waals surface area (Å²) in [6.07, 6.45) is 0. The number of hydrogen-bond acceptors (Lipinski definition) is 3. The Labute approximate surface area is 138 Å². The highest BCUT2D eigenvalue weighted by Gasteiger charge is 2.26. The standard InChI is InChI=1S/C20H12O2S/c21-19-17-9-5-4-8-15(17)16-11-10-14(12-18(16)19)23-20(22)13-6-2-1-3-7-13/h1-12H. The molecule has 0 bridgehead atoms. The molecule has 0 aromatic heterocycles. The van der Waals surface area contributed by atoms with Crippen LogP contribution in [0.15, 0.2) is 77.7 Å². The third kappa shape index (κ3) is 2.39. The van der Waals surface area contributed by atoms with Crippen LogP contribution in [-0.4, -0.2) is 10.9 Å². The predicted molar refractivity (Wildman–Crippen MR) is 91.9 cm³/mol. The van der Waals surface area contributed by atoms with E-state index in [2.05, 4.69) is 0 Å². The van der Waals surface area contributed by atoms with Crippen LogP contribution < -0.4 is 0 Å². The van der Waals surface area contributed by atoms with E-state index >= 15 is 0 Å². The molecular weight excluding hydrogens is 304 g/mol. The quantitative estimate of drug-likeness (QED) is 0.497. The van der Waals surface area contributed by atoms with E-state index in [-0.39, 0.29) is 10.9 Å². The van der Waals surface area contributed by atoms with Crippen molar-refractivity contribution in [1.82, 2.24) is 0 Å². The number of hydrogen-bond donors (Lipinski definition) is 0. The summed E-state index contributed by atoms with van der Waals surface area (Å²) in [7, 11) is 0. The lowest BCUT2D eigenvalue weighted by Gasteiger charge is -2.04. The van der Waals surface area contributed by atoms with Crippen molar-refractivity contribution in [3.63, 3.8) is 0 Å². The SMILES string of the molecule is O=C(Sc1ccc2c(c1)C(=O)c1ccccc1-2)c1ccccc1. The Morgan fingerprint density at radius 2 is 1.35 bits per heavy atom. The van der Waals surface area contributed by atoms with Crippen LogP contribution in [0.3, 0.4) is 0 Å². The van der Waals surface area contributed by atoms with E-state index in [0.29, 0.717) is 11.1 Å². The first-order chi connectivity index (χ1) is 11.2. The summed E-state index contributed by atoms with van der Waals surface area (Å²) in [5.74, 6) is 0.0326. The zero-order valence-electron chi connectivity index (χ0n) is 12.2. The van der Waals surface area contributed by atoms with E-state index in [1.165, 1.54) is 0 Å². The minimum atomic E-state index is -0.0199. The average molecular weight is 316 g/mol. The Bertz CT molecular complexity index is 929. The third-order valence-corrected chi connectivity index (χ3v) is 4.83. The summed E-state index contributed by atoms with van der Waals surface area (Å²) < 4.78 is 0. The van der Waals surface area contributed by atoms with Crippen LogP contribution in [0.4, 0.5) is 0 Å². The fourth-order valence-corrected chi connectivity index (χ4v) is 3.59. The van der Waals surface area contributed by atoms with Gasteiger partial charge in [0.1, 0.15) is 0 Å². The molecule has 0 saturated carbocycles. The summed E-state index contributed by atoms with van der Waals surface area (Å²) >= 11 is 1.15. The average Bonchev–Trinajstić information content (AvgIpc) is 2.89. The molecule has 0 unspecified atom stereocenters. The molecule has 1 aliphatic carbocycles. The van der Waals surface area contributed by atoms with Gasteiger partial charge in [-0.25, -0.2) is 0 Å². The van der Waals surface area contributed by atoms with Crippen LogP contribution in [-0.2, 0) is 0 Å². The van der Waals surface area contributed by atoms with E-state index in [1.807, 2.05) is 60.7 Å². The summed E-state index contributed by atoms with van der Waals surface area (Å²) in [5.41, 5.74) is 3.99. The third-order valence-electron chi connectivity index (χ3n) is 3.92. The van der Waals surface area contributed by atoms with Crippen LogP contribution in [0.5, 0.6) is 0 Å². The van der Waals surface area contributed by atoms with E-state index in [1.54, 1.807) is 12.1 Å². The van der Waals surface area contributed by atoms with Crippen molar-refractivity contribution >= 4 is 22.7 Å². The molecule has 0 N–H and O–H groups in total. The largest absolute Gasteiger partial charge is 0.289 e. The monoisotopic (exact) mass is 316 g/mol. The molecule has 0 spiro atoms. The van der Waals surface area contributed by atoms with Gasteiger partial charge in [-0.1, -0.05) is 60.7 Å². The number of benzene rings is 3. The second-order valence-corrected chi connectivity index (χ2v) is 6.38. The Morgan fingerprint density at radius 1 is 0.696 bits per heavy atom. The number of thioether (sulfide) groups is 1. The van der Waals surface area contributed by atoms with Crippen LogP contribution in [0.2, 0.25) is 0 Å². The minimum Gasteiger partial charge on any atom is -0.289 e. The highest BCUT2D eigenvalue weighted by atomic mass is 32.2. The lowest BCUT2D eigenvalue weighted by Crippen LogP contribution is -1.96. The maximum Gasteiger partial charge on any atom is 0.224 e. The zero-order valence-corrected chi connectivity index (χ0v) is 13.0. The number of fused-ring (bicyclic) bond motifs is 3. The molecule has 4 rings (SSSR count). The molecule has 0 fully saturated rings. The van der Waals surface area contributed by atoms with Crippen LogP contribution in [0.25, 0.3) is 11.1 Å². The number of ketones is 1. The van der Waals surface area contributed by atoms with Gasteiger partial charge in [-0.05, 0) is 35.0 Å². The fraction of sp³-hybridized carbons (Fsp3) is 0. The fourth-order valence-electron chi connectivity index (χ4n) is 2.81. The maximum atomic E-state index is 12.5. The van der Waals surface area contributed by atoms with Crippen LogP contribution >= 0.6 is 11.8 Å². The van der Waals surface area contributed by atoms with Crippen molar-refractivity contribution < 1.29 is 9.59 Å². The second kappa shape index (κ2) is 5.52. The molecule has 0 radical (unpaired) electrons. The Hall–Kier alpha value is -2.65. The smallest absolute Gasteiger partial charge is 0.224 e. The number of carbonyl (C=O) groups excluding carboxylic acids is 2. The van der Waals surface area contributed by atoms with Crippen molar-refractivity contribution in [2.75, 3.05) is 0 Å². The van der Waals surface area contributed by atoms with Gasteiger partial charge in [0, 0.05) is 21.6 Å². The van der Waals surface area contributed by atoms with E-state index in [0.717, 1.165) is 33.3 Å². The van der Waals surface area contributed by atoms with Crippen molar-refractivity contribution in [3.8, 4) is 11.1 Å². The molecule has 0 atom stereocenters. The summed E-state index contributed by atoms with van der Waals surface area (Å²) in [6.45, 7) is 0. The summed E-state index contributed by atoms with van der Waals surface area (Å²) in [6, 6.07) is 22.4. The van der Waals surface area contributed by atoms with Gasteiger partial charge in [0.15, 0.2) is 5.78 Å². The van der Waals surface area contributed by atoms with Gasteiger partial charge in [0.05, 0.1) is 0 Å². The molecule has 3 aromatic carbocycles. The highest BCUT2D eigenvalue weighted by Crippen LogP contribution is 2.38. The Kier molecular flexibility index (Phi) is 3.36. The molecule has 0 aliphatic heterocycles. The summed E-state index contributed by atoms with van der Waals surface area (Å²) in [4.78, 5) is 25.6. The van der Waals surface area contributed by atoms with Crippen molar-refractivity contribution in [2.24, 2.45) is 0 Å². The molecule has 110 valence electrons. The molecular formula is C20H12O2S. The van der Waals surface area contributed by atoms with Gasteiger partial charge >= 0.3 is 0 Å². The normalized spacial score (nSPS) is 11.9. The number of rotatable bonds is 2. The molecule has 23 heavy (non-hydrogen) atoms. The van der Waals surface area contributed by atoms with Gasteiger partial charge < -0.3 is 0 Å². The van der Waals surface area contributed by atoms with Gasteiger partial charge in [-0.3, -0.25) is 9.59 Å². The maximum absolute atomic E-state index is 12.5. The molecule has 0 heterocycles. The van der Waals surface area contributed by atoms with E-state index in [9.17, 15) is 9.59 Å². The van der Waals surface area contributed by atoms with Gasteiger partial charge in [-0.15, -0.1) is 0 Å². The lowest BCUT2D eigenvalue weighted by molar-refractivity contribution is 0.104. The molecule has 1 aliphatic rings. The number of carbonyl (C=O) groups is 2. The van der Waals surface area contributed by atoms with E-state index < -0.39 is 0 Å². The second-order valence-electron chi connectivity index (χ2n) is 5.34. The van der Waals surface area contributed by atoms with Crippen LogP contribution in [0.1, 0.15) is 26.3 Å². The van der Waals surface area contributed by atoms with Crippen molar-refractivity contribution in [1.29, 1.82) is 0 Å². The van der Waals surface area contributed by atoms with Crippen LogP contribution in [0, 0.1) is 0 Å². The first-order valence-electron chi connectivity index (χ1n) is 7.29. The zero-order chi connectivity index (χ0) is 15.8. The van der Waals surface area contributed by atoms with Gasteiger partial charge in [-0.2, -0.15) is 0 Å². The highest BCUT2D eigenvalue weighted by molar-refractivity contribution is 8.14. The molecule has 0 amide bonds. The van der Waals surface area contributed by atoms with Crippen molar-refractivity contribution in [3.05, 3.63) is 89.5 Å². The first-order valence-corrected chi connectivity index (χ1v) is 8.11. The van der Waals surface area contributed by atoms with E-state index in [4.69, 9.17) is 0 Å². The molecule has 0 saturated heterocycles. The van der Waals surface area contributed by atoms with Gasteiger partial charge in [0.2, 0.25) is 5.12 Å². The Morgan fingerprint density at radius 3 is 2.13 bits per heavy atom. The molecule has 2 nitrogen and oxygen atoms in total. The van der Waals surface area contributed by atoms with Crippen molar-refractivity contribution in [2.45, 2.75) is 4.90 Å². The molecule has 3 aromatic rings. The molecule has 3 heteroatoms. The lowest BCUT2D eigenvalue weighted by atomic mass is 10.1. The topological polar surface area (TPSA) is 34.1 Å². The summed E-state index contributed by atoms with van der Waals surface area (Å²) in [5, 5.41) is -0.0199. The Balaban J connectivity index is 1.67. The predicted octanol–water partition coefficient (Wildman–Crippen LogP) is 4.83.